The first-order valence-corrected chi connectivity index (χ1v) is 6.13. The molecule has 1 aliphatic heterocycles. The predicted molar refractivity (Wildman–Crippen MR) is 69.7 cm³/mol. The van der Waals surface area contributed by atoms with E-state index in [-0.39, 0.29) is 11.3 Å². The molecule has 0 radical (unpaired) electrons. The lowest BCUT2D eigenvalue weighted by Crippen LogP contribution is -2.45. The van der Waals surface area contributed by atoms with E-state index < -0.39 is 29.6 Å². The van der Waals surface area contributed by atoms with Crippen LogP contribution < -0.4 is 10.4 Å². The molecular weight excluding hydrogens is 264 g/mol. The minimum atomic E-state index is -1.13. The molecule has 1 aromatic heterocycles. The van der Waals surface area contributed by atoms with E-state index in [1.165, 1.54) is 13.0 Å². The fourth-order valence-electron chi connectivity index (χ4n) is 2.00. The molecule has 1 aliphatic rings. The standard InChI is InChI=1S/C14H14O6/c1-4-5-9-6-10-11(14(17)20-9)12(16)13(7(2)18-10)19-8(3)15/h4-7,13H,1-3H3/b5-4+/t7-,13-/m0/s1. The Morgan fingerprint density at radius 3 is 2.70 bits per heavy atom. The van der Waals surface area contributed by atoms with E-state index in [0.717, 1.165) is 0 Å². The fourth-order valence-corrected chi connectivity index (χ4v) is 2.00. The van der Waals surface area contributed by atoms with Crippen molar-refractivity contribution in [2.45, 2.75) is 33.0 Å². The molecule has 0 saturated heterocycles. The van der Waals surface area contributed by atoms with E-state index in [0.29, 0.717) is 5.76 Å². The molecule has 6 heteroatoms. The molecule has 0 N–H and O–H groups in total. The van der Waals surface area contributed by atoms with E-state index in [2.05, 4.69) is 0 Å². The number of esters is 1. The first-order valence-electron chi connectivity index (χ1n) is 6.13. The number of allylic oxidation sites excluding steroid dienone is 1. The first kappa shape index (κ1) is 14.0. The van der Waals surface area contributed by atoms with Gasteiger partial charge in [-0.25, -0.2) is 4.79 Å². The molecule has 0 aliphatic carbocycles. The third-order valence-electron chi connectivity index (χ3n) is 2.80. The monoisotopic (exact) mass is 278 g/mol. The largest absolute Gasteiger partial charge is 0.485 e. The van der Waals surface area contributed by atoms with Gasteiger partial charge in [0.25, 0.3) is 0 Å². The highest BCUT2D eigenvalue weighted by atomic mass is 16.6. The summed E-state index contributed by atoms with van der Waals surface area (Å²) in [4.78, 5) is 35.1. The van der Waals surface area contributed by atoms with Crippen LogP contribution in [0.1, 0.15) is 36.9 Å². The van der Waals surface area contributed by atoms with Crippen LogP contribution in [0.3, 0.4) is 0 Å². The minimum absolute atomic E-state index is 0.148. The number of carbonyl (C=O) groups is 2. The zero-order valence-electron chi connectivity index (χ0n) is 11.3. The lowest BCUT2D eigenvalue weighted by molar-refractivity contribution is -0.148. The molecule has 0 fully saturated rings. The van der Waals surface area contributed by atoms with Crippen molar-refractivity contribution in [1.82, 2.24) is 0 Å². The molecule has 6 nitrogen and oxygen atoms in total. The Bertz CT molecular complexity index is 640. The lowest BCUT2D eigenvalue weighted by atomic mass is 10.00. The molecule has 0 aromatic carbocycles. The third-order valence-corrected chi connectivity index (χ3v) is 2.80. The summed E-state index contributed by atoms with van der Waals surface area (Å²) in [5.41, 5.74) is -1.02. The van der Waals surface area contributed by atoms with Crippen molar-refractivity contribution >= 4 is 17.8 Å². The Balaban J connectivity index is 2.49. The van der Waals surface area contributed by atoms with Crippen LogP contribution in [0.15, 0.2) is 21.4 Å². The maximum Gasteiger partial charge on any atom is 0.351 e. The summed E-state index contributed by atoms with van der Waals surface area (Å²) in [6, 6.07) is 1.47. The van der Waals surface area contributed by atoms with Crippen LogP contribution >= 0.6 is 0 Å². The average molecular weight is 278 g/mol. The number of hydrogen-bond donors (Lipinski definition) is 0. The number of carbonyl (C=O) groups excluding carboxylic acids is 2. The molecule has 1 aromatic rings. The molecule has 20 heavy (non-hydrogen) atoms. The van der Waals surface area contributed by atoms with Gasteiger partial charge in [0.15, 0.2) is 0 Å². The number of Topliss-reactive ketones (excluding diaryl/α,β-unsaturated/α-hetero) is 1. The zero-order valence-corrected chi connectivity index (χ0v) is 11.3. The van der Waals surface area contributed by atoms with Crippen molar-refractivity contribution in [3.8, 4) is 5.75 Å². The zero-order chi connectivity index (χ0) is 14.9. The van der Waals surface area contributed by atoms with Gasteiger partial charge in [-0.3, -0.25) is 9.59 Å². The smallest absolute Gasteiger partial charge is 0.351 e. The molecular formula is C14H14O6. The van der Waals surface area contributed by atoms with Crippen molar-refractivity contribution in [1.29, 1.82) is 0 Å². The summed E-state index contributed by atoms with van der Waals surface area (Å²) >= 11 is 0. The molecule has 0 amide bonds. The van der Waals surface area contributed by atoms with Gasteiger partial charge in [0.1, 0.15) is 23.2 Å². The van der Waals surface area contributed by atoms with Gasteiger partial charge < -0.3 is 13.9 Å². The Labute approximate surface area is 115 Å². The SMILES string of the molecule is C/C=C/c1cc2c(c(=O)o1)C(=O)[C@@H](OC(C)=O)[C@H](C)O2. The second-order valence-corrected chi connectivity index (χ2v) is 4.39. The van der Waals surface area contributed by atoms with Gasteiger partial charge in [-0.05, 0) is 19.9 Å². The van der Waals surface area contributed by atoms with Crippen LogP contribution in [-0.2, 0) is 9.53 Å². The van der Waals surface area contributed by atoms with Crippen LogP contribution in [0.2, 0.25) is 0 Å². The number of hydrogen-bond acceptors (Lipinski definition) is 6. The molecule has 0 spiro atoms. The van der Waals surface area contributed by atoms with E-state index in [9.17, 15) is 14.4 Å². The quantitative estimate of drug-likeness (QED) is 0.763. The lowest BCUT2D eigenvalue weighted by Gasteiger charge is -2.28. The van der Waals surface area contributed by atoms with Crippen LogP contribution in [-0.4, -0.2) is 24.0 Å². The molecule has 2 rings (SSSR count). The van der Waals surface area contributed by atoms with E-state index in [1.54, 1.807) is 26.0 Å². The molecule has 0 bridgehead atoms. The normalized spacial score (nSPS) is 21.4. The van der Waals surface area contributed by atoms with E-state index >= 15 is 0 Å². The Morgan fingerprint density at radius 2 is 2.10 bits per heavy atom. The van der Waals surface area contributed by atoms with Gasteiger partial charge in [0, 0.05) is 13.0 Å². The van der Waals surface area contributed by atoms with E-state index in [1.807, 2.05) is 0 Å². The highest BCUT2D eigenvalue weighted by Gasteiger charge is 2.39. The first-order chi connectivity index (χ1) is 9.43. The van der Waals surface area contributed by atoms with Crippen molar-refractivity contribution in [2.24, 2.45) is 0 Å². The van der Waals surface area contributed by atoms with Crippen molar-refractivity contribution < 1.29 is 23.5 Å². The van der Waals surface area contributed by atoms with Crippen molar-refractivity contribution in [3.05, 3.63) is 33.9 Å². The number of ketones is 1. The average Bonchev–Trinajstić information content (AvgIpc) is 2.33. The number of ether oxygens (including phenoxy) is 2. The highest BCUT2D eigenvalue weighted by Crippen LogP contribution is 2.28. The second-order valence-electron chi connectivity index (χ2n) is 4.39. The molecule has 2 heterocycles. The third kappa shape index (κ3) is 2.49. The second kappa shape index (κ2) is 5.32. The van der Waals surface area contributed by atoms with Gasteiger partial charge in [-0.15, -0.1) is 0 Å². The Hall–Kier alpha value is -2.37. The van der Waals surface area contributed by atoms with E-state index in [4.69, 9.17) is 13.9 Å². The van der Waals surface area contributed by atoms with Gasteiger partial charge in [-0.1, -0.05) is 6.08 Å². The maximum atomic E-state index is 12.2. The van der Waals surface area contributed by atoms with Crippen LogP contribution in [0, 0.1) is 0 Å². The fraction of sp³-hybridized carbons (Fsp3) is 0.357. The summed E-state index contributed by atoms with van der Waals surface area (Å²) in [6.07, 6.45) is 1.48. The Morgan fingerprint density at radius 1 is 1.40 bits per heavy atom. The number of fused-ring (bicyclic) bond motifs is 1. The summed E-state index contributed by atoms with van der Waals surface area (Å²) in [5, 5.41) is 0. The minimum Gasteiger partial charge on any atom is -0.485 e. The topological polar surface area (TPSA) is 82.8 Å². The molecule has 0 unspecified atom stereocenters. The summed E-state index contributed by atoms with van der Waals surface area (Å²) in [5.74, 6) is -0.774. The van der Waals surface area contributed by atoms with Crippen molar-refractivity contribution in [3.63, 3.8) is 0 Å². The van der Waals surface area contributed by atoms with Gasteiger partial charge in [0.2, 0.25) is 11.9 Å². The molecule has 2 atom stereocenters. The summed E-state index contributed by atoms with van der Waals surface area (Å²) < 4.78 is 15.4. The van der Waals surface area contributed by atoms with Crippen molar-refractivity contribution in [2.75, 3.05) is 0 Å². The maximum absolute atomic E-state index is 12.2. The highest BCUT2D eigenvalue weighted by molar-refractivity contribution is 6.03. The van der Waals surface area contributed by atoms with Crippen LogP contribution in [0.5, 0.6) is 5.75 Å². The van der Waals surface area contributed by atoms with Gasteiger partial charge >= 0.3 is 11.6 Å². The van der Waals surface area contributed by atoms with Gasteiger partial charge in [-0.2, -0.15) is 0 Å². The summed E-state index contributed by atoms with van der Waals surface area (Å²) in [6.45, 7) is 4.55. The van der Waals surface area contributed by atoms with Gasteiger partial charge in [0.05, 0.1) is 0 Å². The molecule has 106 valence electrons. The predicted octanol–water partition coefficient (Wildman–Crippen LogP) is 1.57. The van der Waals surface area contributed by atoms with Crippen LogP contribution in [0.25, 0.3) is 6.08 Å². The Kier molecular flexibility index (Phi) is 3.74. The summed E-state index contributed by atoms with van der Waals surface area (Å²) in [7, 11) is 0. The van der Waals surface area contributed by atoms with Crippen LogP contribution in [0.4, 0.5) is 0 Å². The number of rotatable bonds is 2. The molecule has 0 saturated carbocycles.